The number of rotatable bonds is 5. The van der Waals surface area contributed by atoms with Gasteiger partial charge in [0, 0.05) is 23.5 Å². The van der Waals surface area contributed by atoms with Crippen molar-refractivity contribution in [2.75, 3.05) is 18.0 Å². The minimum atomic E-state index is 0.0735. The Bertz CT molecular complexity index is 1150. The van der Waals surface area contributed by atoms with E-state index in [-0.39, 0.29) is 5.91 Å². The van der Waals surface area contributed by atoms with Gasteiger partial charge in [-0.2, -0.15) is 0 Å². The van der Waals surface area contributed by atoms with Crippen molar-refractivity contribution in [3.63, 3.8) is 0 Å². The van der Waals surface area contributed by atoms with Crippen molar-refractivity contribution in [3.8, 4) is 0 Å². The van der Waals surface area contributed by atoms with Crippen LogP contribution in [0.25, 0.3) is 6.08 Å². The monoisotopic (exact) mass is 450 g/mol. The van der Waals surface area contributed by atoms with Crippen LogP contribution in [0.5, 0.6) is 0 Å². The van der Waals surface area contributed by atoms with Gasteiger partial charge in [0.05, 0.1) is 0 Å². The molecule has 0 unspecified atom stereocenters. The average Bonchev–Trinajstić information content (AvgIpc) is 3.10. The first-order valence-corrected chi connectivity index (χ1v) is 12.7. The molecule has 1 aliphatic heterocycles. The maximum atomic E-state index is 14.0. The number of carbonyl (C=O) groups is 1. The molecule has 3 nitrogen and oxygen atoms in total. The quantitative estimate of drug-likeness (QED) is 0.415. The lowest BCUT2D eigenvalue weighted by Gasteiger charge is -2.27. The molecule has 1 amide bonds. The minimum Gasteiger partial charge on any atom is -0.299 e. The van der Waals surface area contributed by atoms with E-state index in [2.05, 4.69) is 90.7 Å². The van der Waals surface area contributed by atoms with Crippen LogP contribution in [0.4, 0.5) is 11.4 Å². The number of aryl methyl sites for hydroxylation is 2. The number of hydrogen-bond donors (Lipinski definition) is 0. The predicted molar refractivity (Wildman–Crippen MR) is 141 cm³/mol. The van der Waals surface area contributed by atoms with Gasteiger partial charge in [0.2, 0.25) is 0 Å². The van der Waals surface area contributed by atoms with Gasteiger partial charge in [-0.15, -0.1) is 0 Å². The van der Waals surface area contributed by atoms with E-state index in [0.717, 1.165) is 42.8 Å². The zero-order chi connectivity index (χ0) is 23.3. The molecule has 2 aliphatic rings. The Hall–Kier alpha value is -3.17. The van der Waals surface area contributed by atoms with Gasteiger partial charge < -0.3 is 0 Å². The summed E-state index contributed by atoms with van der Waals surface area (Å²) in [6.07, 6.45) is 8.85. The molecule has 0 spiro atoms. The first kappa shape index (κ1) is 22.6. The zero-order valence-electron chi connectivity index (χ0n) is 20.2. The van der Waals surface area contributed by atoms with Crippen LogP contribution in [0.15, 0.2) is 78.4 Å². The second-order valence-corrected chi connectivity index (χ2v) is 9.70. The van der Waals surface area contributed by atoms with Crippen molar-refractivity contribution >= 4 is 23.4 Å². The fourth-order valence-electron chi connectivity index (χ4n) is 5.15. The van der Waals surface area contributed by atoms with Crippen LogP contribution in [-0.2, 0) is 17.8 Å². The van der Waals surface area contributed by atoms with Gasteiger partial charge in [-0.05, 0) is 99.1 Å². The van der Waals surface area contributed by atoms with Crippen molar-refractivity contribution in [2.45, 2.75) is 52.0 Å². The smallest absolute Gasteiger partial charge is 0.258 e. The van der Waals surface area contributed by atoms with Crippen LogP contribution >= 0.6 is 0 Å². The standard InChI is InChI=1S/C31H34N2O/c1-24-12-16-29(17-13-24)33(30-18-14-25(15-19-30)23-32-20-5-2-6-21-32)31(34)28-11-7-10-26-8-3-4-9-27(26)22-28/h3-4,8-9,12-19,22H,2,5-7,10-11,20-21,23H2,1H3. The van der Waals surface area contributed by atoms with Gasteiger partial charge in [-0.3, -0.25) is 14.6 Å². The molecule has 0 bridgehead atoms. The lowest BCUT2D eigenvalue weighted by Crippen LogP contribution is -2.29. The van der Waals surface area contributed by atoms with E-state index in [1.54, 1.807) is 0 Å². The predicted octanol–water partition coefficient (Wildman–Crippen LogP) is 7.07. The Morgan fingerprint density at radius 3 is 2.21 bits per heavy atom. The second kappa shape index (κ2) is 10.4. The van der Waals surface area contributed by atoms with Gasteiger partial charge in [-0.25, -0.2) is 0 Å². The summed E-state index contributed by atoms with van der Waals surface area (Å²) in [4.78, 5) is 18.4. The first-order valence-electron chi connectivity index (χ1n) is 12.7. The number of likely N-dealkylation sites (tertiary alicyclic amines) is 1. The van der Waals surface area contributed by atoms with Crippen LogP contribution in [0, 0.1) is 6.92 Å². The molecule has 3 heteroatoms. The zero-order valence-corrected chi connectivity index (χ0v) is 20.2. The lowest BCUT2D eigenvalue weighted by atomic mass is 10.0. The number of amides is 1. The third kappa shape index (κ3) is 5.15. The van der Waals surface area contributed by atoms with Crippen LogP contribution in [0.1, 0.15) is 54.4 Å². The number of fused-ring (bicyclic) bond motifs is 1. The van der Waals surface area contributed by atoms with Gasteiger partial charge in [-0.1, -0.05) is 60.5 Å². The fourth-order valence-corrected chi connectivity index (χ4v) is 5.15. The summed E-state index contributed by atoms with van der Waals surface area (Å²) in [5.41, 5.74) is 7.72. The van der Waals surface area contributed by atoms with Gasteiger partial charge in [0.1, 0.15) is 0 Å². The fraction of sp³-hybridized carbons (Fsp3) is 0.323. The Morgan fingerprint density at radius 1 is 0.794 bits per heavy atom. The van der Waals surface area contributed by atoms with E-state index < -0.39 is 0 Å². The second-order valence-electron chi connectivity index (χ2n) is 9.70. The Balaban J connectivity index is 1.46. The van der Waals surface area contributed by atoms with Crippen LogP contribution in [-0.4, -0.2) is 23.9 Å². The first-order chi connectivity index (χ1) is 16.7. The number of piperidine rings is 1. The summed E-state index contributed by atoms with van der Waals surface area (Å²) >= 11 is 0. The Morgan fingerprint density at radius 2 is 1.47 bits per heavy atom. The number of hydrogen-bond acceptors (Lipinski definition) is 2. The third-order valence-electron chi connectivity index (χ3n) is 7.10. The molecule has 174 valence electrons. The molecule has 0 saturated carbocycles. The molecule has 34 heavy (non-hydrogen) atoms. The van der Waals surface area contributed by atoms with E-state index in [1.165, 1.54) is 54.6 Å². The SMILES string of the molecule is Cc1ccc(N(C(=O)C2=Cc3ccccc3CCC2)c2ccc(CN3CCCCC3)cc2)cc1. The summed E-state index contributed by atoms with van der Waals surface area (Å²) in [7, 11) is 0. The summed E-state index contributed by atoms with van der Waals surface area (Å²) in [5.74, 6) is 0.0735. The molecule has 1 saturated heterocycles. The van der Waals surface area contributed by atoms with Gasteiger partial charge in [0.25, 0.3) is 5.91 Å². The number of benzene rings is 3. The molecule has 0 aromatic heterocycles. The molecule has 0 N–H and O–H groups in total. The molecule has 1 fully saturated rings. The highest BCUT2D eigenvalue weighted by Gasteiger charge is 2.23. The Labute approximate surface area is 203 Å². The summed E-state index contributed by atoms with van der Waals surface area (Å²) in [6.45, 7) is 5.44. The van der Waals surface area contributed by atoms with Gasteiger partial charge in [0.15, 0.2) is 0 Å². The molecule has 0 radical (unpaired) electrons. The van der Waals surface area contributed by atoms with Crippen molar-refractivity contribution in [1.29, 1.82) is 0 Å². The van der Waals surface area contributed by atoms with Crippen molar-refractivity contribution in [2.24, 2.45) is 0 Å². The van der Waals surface area contributed by atoms with Crippen molar-refractivity contribution < 1.29 is 4.79 Å². The minimum absolute atomic E-state index is 0.0735. The van der Waals surface area contributed by atoms with Crippen LogP contribution in [0.2, 0.25) is 0 Å². The third-order valence-corrected chi connectivity index (χ3v) is 7.10. The Kier molecular flexibility index (Phi) is 6.92. The van der Waals surface area contributed by atoms with E-state index in [4.69, 9.17) is 0 Å². The van der Waals surface area contributed by atoms with E-state index in [0.29, 0.717) is 0 Å². The van der Waals surface area contributed by atoms with E-state index >= 15 is 0 Å². The van der Waals surface area contributed by atoms with Gasteiger partial charge >= 0.3 is 0 Å². The van der Waals surface area contributed by atoms with Crippen molar-refractivity contribution in [3.05, 3.63) is 101 Å². The molecular formula is C31H34N2O. The maximum Gasteiger partial charge on any atom is 0.258 e. The topological polar surface area (TPSA) is 23.6 Å². The maximum absolute atomic E-state index is 14.0. The molecule has 0 atom stereocenters. The highest BCUT2D eigenvalue weighted by atomic mass is 16.2. The largest absolute Gasteiger partial charge is 0.299 e. The average molecular weight is 451 g/mol. The van der Waals surface area contributed by atoms with Crippen LogP contribution < -0.4 is 4.90 Å². The summed E-state index contributed by atoms with van der Waals surface area (Å²) in [6, 6.07) is 25.3. The number of anilines is 2. The normalized spacial score (nSPS) is 16.3. The highest BCUT2D eigenvalue weighted by molar-refractivity contribution is 6.12. The molecule has 5 rings (SSSR count). The molecule has 1 heterocycles. The number of nitrogens with zero attached hydrogens (tertiary/aromatic N) is 2. The molecule has 1 aliphatic carbocycles. The summed E-state index contributed by atoms with van der Waals surface area (Å²) in [5, 5.41) is 0. The van der Waals surface area contributed by atoms with Crippen LogP contribution in [0.3, 0.4) is 0 Å². The summed E-state index contributed by atoms with van der Waals surface area (Å²) < 4.78 is 0. The van der Waals surface area contributed by atoms with Crippen molar-refractivity contribution in [1.82, 2.24) is 4.90 Å². The lowest BCUT2D eigenvalue weighted by molar-refractivity contribution is -0.114. The van der Waals surface area contributed by atoms with E-state index in [1.807, 2.05) is 4.90 Å². The molecule has 3 aromatic rings. The van der Waals surface area contributed by atoms with E-state index in [9.17, 15) is 4.79 Å². The number of carbonyl (C=O) groups excluding carboxylic acids is 1. The molecule has 3 aromatic carbocycles. The highest BCUT2D eigenvalue weighted by Crippen LogP contribution is 2.32. The molecular weight excluding hydrogens is 416 g/mol.